The van der Waals surface area contributed by atoms with Crippen LogP contribution in [0.15, 0.2) is 24.3 Å². The molecule has 0 radical (unpaired) electrons. The summed E-state index contributed by atoms with van der Waals surface area (Å²) in [6, 6.07) is 5.87. The molecule has 1 aromatic carbocycles. The number of allylic oxidation sites excluding steroid dienone is 2. The molecule has 2 nitrogen and oxygen atoms in total. The first-order valence-corrected chi connectivity index (χ1v) is 5.11. The van der Waals surface area contributed by atoms with Crippen molar-refractivity contribution in [2.45, 2.75) is 19.8 Å². The van der Waals surface area contributed by atoms with Crippen LogP contribution in [0.4, 0.5) is 0 Å². The molecule has 0 N–H and O–H groups in total. The zero-order valence-corrected chi connectivity index (χ0v) is 9.04. The number of rotatable bonds is 2. The summed E-state index contributed by atoms with van der Waals surface area (Å²) in [5.74, 6) is 1.02. The molecule has 0 atom stereocenters. The summed E-state index contributed by atoms with van der Waals surface area (Å²) in [5, 5.41) is 0. The van der Waals surface area contributed by atoms with Gasteiger partial charge in [0.2, 0.25) is 0 Å². The van der Waals surface area contributed by atoms with E-state index in [1.807, 2.05) is 24.3 Å². The second kappa shape index (κ2) is 3.89. The average molecular weight is 202 g/mol. The van der Waals surface area contributed by atoms with Crippen LogP contribution in [0.25, 0.3) is 5.57 Å². The monoisotopic (exact) mass is 202 g/mol. The molecule has 0 unspecified atom stereocenters. The Balaban J connectivity index is 2.56. The molecule has 0 aromatic heterocycles. The van der Waals surface area contributed by atoms with E-state index < -0.39 is 0 Å². The van der Waals surface area contributed by atoms with Crippen molar-refractivity contribution in [2.24, 2.45) is 0 Å². The molecule has 0 spiro atoms. The van der Waals surface area contributed by atoms with E-state index in [4.69, 9.17) is 4.74 Å². The van der Waals surface area contributed by atoms with E-state index in [-0.39, 0.29) is 5.78 Å². The van der Waals surface area contributed by atoms with Crippen LogP contribution in [-0.2, 0) is 11.2 Å². The Bertz CT molecular complexity index is 430. The third kappa shape index (κ3) is 1.67. The average Bonchev–Trinajstić information content (AvgIpc) is 2.27. The zero-order valence-electron chi connectivity index (χ0n) is 9.04. The smallest absolute Gasteiger partial charge is 0.160 e. The maximum absolute atomic E-state index is 11.5. The molecule has 2 heteroatoms. The van der Waals surface area contributed by atoms with Crippen LogP contribution >= 0.6 is 0 Å². The summed E-state index contributed by atoms with van der Waals surface area (Å²) < 4.78 is 5.30. The molecule has 2 rings (SSSR count). The quantitative estimate of drug-likeness (QED) is 0.736. The van der Waals surface area contributed by atoms with Crippen LogP contribution < -0.4 is 4.74 Å². The fourth-order valence-corrected chi connectivity index (χ4v) is 2.07. The number of ketones is 1. The first-order chi connectivity index (χ1) is 7.24. The Morgan fingerprint density at radius 2 is 2.20 bits per heavy atom. The molecular formula is C13H14O2. The molecule has 0 heterocycles. The number of hydrogen-bond acceptors (Lipinski definition) is 2. The number of benzene rings is 1. The van der Waals surface area contributed by atoms with Gasteiger partial charge in [0.1, 0.15) is 5.75 Å². The Hall–Kier alpha value is -1.57. The highest BCUT2D eigenvalue weighted by molar-refractivity contribution is 6.20. The van der Waals surface area contributed by atoms with Gasteiger partial charge in [-0.2, -0.15) is 0 Å². The number of carbonyl (C=O) groups excluding carboxylic acids is 1. The van der Waals surface area contributed by atoms with E-state index in [0.29, 0.717) is 0 Å². The molecule has 78 valence electrons. The molecular weight excluding hydrogens is 188 g/mol. The van der Waals surface area contributed by atoms with Crippen molar-refractivity contribution >= 4 is 11.4 Å². The molecule has 0 aliphatic heterocycles. The van der Waals surface area contributed by atoms with Gasteiger partial charge in [-0.1, -0.05) is 18.2 Å². The third-order valence-electron chi connectivity index (χ3n) is 2.77. The minimum absolute atomic E-state index is 0.129. The molecule has 1 aliphatic rings. The second-order valence-electron chi connectivity index (χ2n) is 3.70. The number of hydrogen-bond donors (Lipinski definition) is 0. The lowest BCUT2D eigenvalue weighted by molar-refractivity contribution is -0.111. The summed E-state index contributed by atoms with van der Waals surface area (Å²) in [4.78, 5) is 11.5. The highest BCUT2D eigenvalue weighted by Gasteiger charge is 2.18. The van der Waals surface area contributed by atoms with E-state index >= 15 is 0 Å². The van der Waals surface area contributed by atoms with Gasteiger partial charge in [0, 0.05) is 11.1 Å². The highest BCUT2D eigenvalue weighted by atomic mass is 16.5. The van der Waals surface area contributed by atoms with Gasteiger partial charge >= 0.3 is 0 Å². The van der Waals surface area contributed by atoms with Crippen molar-refractivity contribution in [3.8, 4) is 5.75 Å². The minimum atomic E-state index is 0.129. The lowest BCUT2D eigenvalue weighted by Gasteiger charge is -2.18. The Kier molecular flexibility index (Phi) is 2.58. The SMILES string of the molecule is COc1cccc2c1CCC=C2C(C)=O. The van der Waals surface area contributed by atoms with E-state index in [9.17, 15) is 4.79 Å². The van der Waals surface area contributed by atoms with Crippen molar-refractivity contribution in [2.75, 3.05) is 7.11 Å². The Morgan fingerprint density at radius 1 is 1.40 bits per heavy atom. The molecule has 0 saturated heterocycles. The van der Waals surface area contributed by atoms with Crippen LogP contribution in [-0.4, -0.2) is 12.9 Å². The molecule has 0 amide bonds. The summed E-state index contributed by atoms with van der Waals surface area (Å²) in [7, 11) is 1.67. The predicted octanol–water partition coefficient (Wildman–Crippen LogP) is 2.61. The first kappa shape index (κ1) is 9.97. The van der Waals surface area contributed by atoms with Crippen LogP contribution in [0, 0.1) is 0 Å². The van der Waals surface area contributed by atoms with Crippen molar-refractivity contribution in [1.29, 1.82) is 0 Å². The fraction of sp³-hybridized carbons (Fsp3) is 0.308. The van der Waals surface area contributed by atoms with Crippen LogP contribution in [0.3, 0.4) is 0 Å². The Morgan fingerprint density at radius 3 is 2.87 bits per heavy atom. The molecule has 15 heavy (non-hydrogen) atoms. The lowest BCUT2D eigenvalue weighted by Crippen LogP contribution is -2.06. The van der Waals surface area contributed by atoms with Crippen molar-refractivity contribution in [3.63, 3.8) is 0 Å². The van der Waals surface area contributed by atoms with Gasteiger partial charge in [-0.15, -0.1) is 0 Å². The van der Waals surface area contributed by atoms with Gasteiger partial charge in [0.25, 0.3) is 0 Å². The molecule has 1 aromatic rings. The summed E-state index contributed by atoms with van der Waals surface area (Å²) in [5.41, 5.74) is 3.02. The Labute approximate surface area is 89.6 Å². The molecule has 0 fully saturated rings. The topological polar surface area (TPSA) is 26.3 Å². The number of methoxy groups -OCH3 is 1. The highest BCUT2D eigenvalue weighted by Crippen LogP contribution is 2.33. The number of Topliss-reactive ketones (excluding diaryl/α,β-unsaturated/α-hetero) is 1. The number of ether oxygens (including phenoxy) is 1. The first-order valence-electron chi connectivity index (χ1n) is 5.11. The van der Waals surface area contributed by atoms with Crippen molar-refractivity contribution < 1.29 is 9.53 Å². The van der Waals surface area contributed by atoms with Crippen molar-refractivity contribution in [3.05, 3.63) is 35.4 Å². The van der Waals surface area contributed by atoms with Gasteiger partial charge in [-0.3, -0.25) is 4.79 Å². The third-order valence-corrected chi connectivity index (χ3v) is 2.77. The zero-order chi connectivity index (χ0) is 10.8. The lowest BCUT2D eigenvalue weighted by atomic mass is 9.88. The number of fused-ring (bicyclic) bond motifs is 1. The maximum atomic E-state index is 11.5. The van der Waals surface area contributed by atoms with Crippen LogP contribution in [0.2, 0.25) is 0 Å². The summed E-state index contributed by atoms with van der Waals surface area (Å²) in [6.45, 7) is 1.61. The largest absolute Gasteiger partial charge is 0.496 e. The fourth-order valence-electron chi connectivity index (χ4n) is 2.07. The molecule has 0 bridgehead atoms. The van der Waals surface area contributed by atoms with Gasteiger partial charge < -0.3 is 4.74 Å². The predicted molar refractivity (Wildman–Crippen MR) is 60.0 cm³/mol. The molecule has 1 aliphatic carbocycles. The van der Waals surface area contributed by atoms with Crippen LogP contribution in [0.5, 0.6) is 5.75 Å². The van der Waals surface area contributed by atoms with Gasteiger partial charge in [0.15, 0.2) is 5.78 Å². The van der Waals surface area contributed by atoms with Gasteiger partial charge in [0.05, 0.1) is 7.11 Å². The van der Waals surface area contributed by atoms with Crippen LogP contribution in [0.1, 0.15) is 24.5 Å². The molecule has 0 saturated carbocycles. The van der Waals surface area contributed by atoms with Gasteiger partial charge in [-0.25, -0.2) is 0 Å². The normalized spacial score (nSPS) is 14.1. The van der Waals surface area contributed by atoms with E-state index in [0.717, 1.165) is 35.3 Å². The minimum Gasteiger partial charge on any atom is -0.496 e. The van der Waals surface area contributed by atoms with E-state index in [1.54, 1.807) is 14.0 Å². The standard InChI is InChI=1S/C13H14O2/c1-9(14)10-5-3-7-12-11(10)6-4-8-13(12)15-2/h4-6,8H,3,7H2,1-2H3. The number of carbonyl (C=O) groups is 1. The summed E-state index contributed by atoms with van der Waals surface area (Å²) >= 11 is 0. The van der Waals surface area contributed by atoms with E-state index in [1.165, 1.54) is 0 Å². The van der Waals surface area contributed by atoms with Crippen molar-refractivity contribution in [1.82, 2.24) is 0 Å². The summed E-state index contributed by atoms with van der Waals surface area (Å²) in [6.07, 6.45) is 3.89. The maximum Gasteiger partial charge on any atom is 0.160 e. The van der Waals surface area contributed by atoms with E-state index in [2.05, 4.69) is 0 Å². The van der Waals surface area contributed by atoms with Gasteiger partial charge in [-0.05, 0) is 31.4 Å². The second-order valence-corrected chi connectivity index (χ2v) is 3.70.